The van der Waals surface area contributed by atoms with Crippen molar-refractivity contribution in [3.8, 4) is 28.1 Å². The fourth-order valence-corrected chi connectivity index (χ4v) is 3.96. The van der Waals surface area contributed by atoms with E-state index in [-0.39, 0.29) is 0 Å². The Kier molecular flexibility index (Phi) is 5.48. The van der Waals surface area contributed by atoms with Gasteiger partial charge in [-0.05, 0) is 54.1 Å². The number of fused-ring (bicyclic) bond motifs is 1. The van der Waals surface area contributed by atoms with Gasteiger partial charge in [0.25, 0.3) is 0 Å². The Morgan fingerprint density at radius 3 is 2.42 bits per heavy atom. The fourth-order valence-electron chi connectivity index (χ4n) is 3.96. The van der Waals surface area contributed by atoms with Crippen LogP contribution in [-0.2, 0) is 13.7 Å². The molecule has 6 nitrogen and oxygen atoms in total. The Morgan fingerprint density at radius 2 is 1.67 bits per heavy atom. The molecule has 164 valence electrons. The maximum absolute atomic E-state index is 6.07. The van der Waals surface area contributed by atoms with Crippen molar-refractivity contribution in [2.24, 2.45) is 7.05 Å². The zero-order valence-electron chi connectivity index (χ0n) is 18.9. The minimum atomic E-state index is 0.400. The van der Waals surface area contributed by atoms with Crippen LogP contribution >= 0.6 is 0 Å². The van der Waals surface area contributed by atoms with Gasteiger partial charge in [0.05, 0.1) is 11.2 Å². The van der Waals surface area contributed by atoms with Gasteiger partial charge in [0, 0.05) is 61.9 Å². The summed E-state index contributed by atoms with van der Waals surface area (Å²) in [4.78, 5) is 11.0. The second kappa shape index (κ2) is 8.74. The van der Waals surface area contributed by atoms with E-state index in [2.05, 4.69) is 27.1 Å². The van der Waals surface area contributed by atoms with E-state index < -0.39 is 0 Å². The van der Waals surface area contributed by atoms with Gasteiger partial charge in [-0.25, -0.2) is 4.98 Å². The third-order valence-corrected chi connectivity index (χ3v) is 5.56. The highest BCUT2D eigenvalue weighted by molar-refractivity contribution is 5.91. The molecule has 0 N–H and O–H groups in total. The summed E-state index contributed by atoms with van der Waals surface area (Å²) in [6.45, 7) is 0.400. The van der Waals surface area contributed by atoms with E-state index in [1.165, 1.54) is 0 Å². The van der Waals surface area contributed by atoms with Gasteiger partial charge in [-0.15, -0.1) is 0 Å². The highest BCUT2D eigenvalue weighted by Gasteiger charge is 2.13. The lowest BCUT2D eigenvalue weighted by Crippen LogP contribution is -2.11. The Balaban J connectivity index is 1.37. The first-order valence-corrected chi connectivity index (χ1v) is 10.8. The normalized spacial score (nSPS) is 11.0. The van der Waals surface area contributed by atoms with Crippen LogP contribution in [0, 0.1) is 0 Å². The number of hydrogen-bond donors (Lipinski definition) is 0. The first-order chi connectivity index (χ1) is 16.1. The van der Waals surface area contributed by atoms with Crippen molar-refractivity contribution in [3.63, 3.8) is 0 Å². The average Bonchev–Trinajstić information content (AvgIpc) is 3.24. The van der Waals surface area contributed by atoms with Crippen LogP contribution in [0.1, 0.15) is 5.69 Å². The van der Waals surface area contributed by atoms with Gasteiger partial charge in [0.1, 0.15) is 18.1 Å². The van der Waals surface area contributed by atoms with Crippen LogP contribution in [-0.4, -0.2) is 33.8 Å². The van der Waals surface area contributed by atoms with Crippen LogP contribution in [0.25, 0.3) is 33.3 Å². The van der Waals surface area contributed by atoms with Crippen LogP contribution < -0.4 is 9.64 Å². The van der Waals surface area contributed by atoms with Crippen molar-refractivity contribution < 1.29 is 4.74 Å². The van der Waals surface area contributed by atoms with Crippen molar-refractivity contribution in [3.05, 3.63) is 91.0 Å². The number of ether oxygens (including phenoxy) is 1. The van der Waals surface area contributed by atoms with E-state index in [1.54, 1.807) is 12.4 Å². The molecule has 0 aliphatic carbocycles. The topological polar surface area (TPSA) is 56.1 Å². The van der Waals surface area contributed by atoms with Gasteiger partial charge < -0.3 is 9.64 Å². The molecular weight excluding hydrogens is 410 g/mol. The van der Waals surface area contributed by atoms with E-state index in [1.807, 2.05) is 86.6 Å². The summed E-state index contributed by atoms with van der Waals surface area (Å²) < 4.78 is 7.91. The zero-order chi connectivity index (χ0) is 22.8. The third kappa shape index (κ3) is 4.28. The van der Waals surface area contributed by atoms with E-state index in [0.717, 1.165) is 50.4 Å². The summed E-state index contributed by atoms with van der Waals surface area (Å²) in [5.74, 6) is 0.793. The molecule has 2 aromatic carbocycles. The summed E-state index contributed by atoms with van der Waals surface area (Å²) >= 11 is 0. The standard InChI is InChI=1S/C27H25N5O/c1-31(2)26-16-21(29-25-7-5-4-6-23(25)26)18-33-22-10-8-20(9-11-22)27-24(17-32(3)30-27)19-12-14-28-15-13-19/h4-17H,18H2,1-3H3. The number of hydrogen-bond acceptors (Lipinski definition) is 5. The van der Waals surface area contributed by atoms with E-state index >= 15 is 0 Å². The average molecular weight is 436 g/mol. The minimum absolute atomic E-state index is 0.400. The molecule has 3 heterocycles. The van der Waals surface area contributed by atoms with Crippen molar-refractivity contribution in [1.29, 1.82) is 0 Å². The predicted octanol–water partition coefficient (Wildman–Crippen LogP) is 5.34. The number of rotatable bonds is 6. The molecule has 3 aromatic heterocycles. The van der Waals surface area contributed by atoms with E-state index in [4.69, 9.17) is 9.72 Å². The second-order valence-electron chi connectivity index (χ2n) is 8.16. The molecule has 6 heteroatoms. The molecule has 0 aliphatic rings. The summed E-state index contributed by atoms with van der Waals surface area (Å²) in [5.41, 5.74) is 7.13. The molecule has 0 fully saturated rings. The predicted molar refractivity (Wildman–Crippen MR) is 132 cm³/mol. The molecule has 0 radical (unpaired) electrons. The third-order valence-electron chi connectivity index (χ3n) is 5.56. The lowest BCUT2D eigenvalue weighted by atomic mass is 10.0. The van der Waals surface area contributed by atoms with Crippen molar-refractivity contribution in [2.75, 3.05) is 19.0 Å². The first kappa shape index (κ1) is 20.7. The molecule has 33 heavy (non-hydrogen) atoms. The van der Waals surface area contributed by atoms with Crippen molar-refractivity contribution >= 4 is 16.6 Å². The molecule has 0 saturated heterocycles. The Labute approximate surface area is 193 Å². The largest absolute Gasteiger partial charge is 0.487 e. The number of anilines is 1. The molecule has 0 atom stereocenters. The van der Waals surface area contributed by atoms with Gasteiger partial charge in [-0.2, -0.15) is 5.10 Å². The van der Waals surface area contributed by atoms with Crippen LogP contribution in [0.5, 0.6) is 5.75 Å². The van der Waals surface area contributed by atoms with Crippen LogP contribution in [0.4, 0.5) is 5.69 Å². The number of benzene rings is 2. The molecule has 5 rings (SSSR count). The SMILES string of the molecule is CN(C)c1cc(COc2ccc(-c3nn(C)cc3-c3ccncc3)cc2)nc2ccccc12. The minimum Gasteiger partial charge on any atom is -0.487 e. The van der Waals surface area contributed by atoms with E-state index in [0.29, 0.717) is 6.61 Å². The molecule has 0 amide bonds. The van der Waals surface area contributed by atoms with Crippen molar-refractivity contribution in [2.45, 2.75) is 6.61 Å². The van der Waals surface area contributed by atoms with Crippen LogP contribution in [0.2, 0.25) is 0 Å². The molecule has 0 bridgehead atoms. The number of aryl methyl sites for hydroxylation is 1. The Hall–Kier alpha value is -4.19. The number of aromatic nitrogens is 4. The maximum Gasteiger partial charge on any atom is 0.130 e. The van der Waals surface area contributed by atoms with Gasteiger partial charge in [0.15, 0.2) is 0 Å². The molecular formula is C27H25N5O. The van der Waals surface area contributed by atoms with Crippen LogP contribution in [0.15, 0.2) is 85.3 Å². The summed E-state index contributed by atoms with van der Waals surface area (Å²) in [6, 6.07) is 22.3. The quantitative estimate of drug-likeness (QED) is 0.360. The zero-order valence-corrected chi connectivity index (χ0v) is 18.9. The van der Waals surface area contributed by atoms with Gasteiger partial charge in [-0.3, -0.25) is 9.67 Å². The molecule has 0 saturated carbocycles. The second-order valence-corrected chi connectivity index (χ2v) is 8.16. The summed E-state index contributed by atoms with van der Waals surface area (Å²) in [7, 11) is 6.02. The number of pyridine rings is 2. The Morgan fingerprint density at radius 1 is 0.909 bits per heavy atom. The van der Waals surface area contributed by atoms with Gasteiger partial charge in [-0.1, -0.05) is 18.2 Å². The molecule has 0 spiro atoms. The Bertz CT molecular complexity index is 1390. The lowest BCUT2D eigenvalue weighted by molar-refractivity contribution is 0.302. The summed E-state index contributed by atoms with van der Waals surface area (Å²) in [5, 5.41) is 5.81. The monoisotopic (exact) mass is 435 g/mol. The molecule has 0 unspecified atom stereocenters. The molecule has 5 aromatic rings. The highest BCUT2D eigenvalue weighted by atomic mass is 16.5. The maximum atomic E-state index is 6.07. The fraction of sp³-hybridized carbons (Fsp3) is 0.148. The number of para-hydroxylation sites is 1. The van der Waals surface area contributed by atoms with Gasteiger partial charge >= 0.3 is 0 Å². The smallest absolute Gasteiger partial charge is 0.130 e. The summed E-state index contributed by atoms with van der Waals surface area (Å²) in [6.07, 6.45) is 5.62. The number of nitrogens with zero attached hydrogens (tertiary/aromatic N) is 5. The highest BCUT2D eigenvalue weighted by Crippen LogP contribution is 2.32. The first-order valence-electron chi connectivity index (χ1n) is 10.8. The van der Waals surface area contributed by atoms with Crippen LogP contribution in [0.3, 0.4) is 0 Å². The molecule has 0 aliphatic heterocycles. The van der Waals surface area contributed by atoms with Gasteiger partial charge in [0.2, 0.25) is 0 Å². The van der Waals surface area contributed by atoms with E-state index in [9.17, 15) is 0 Å². The van der Waals surface area contributed by atoms with Crippen molar-refractivity contribution in [1.82, 2.24) is 19.7 Å². The lowest BCUT2D eigenvalue weighted by Gasteiger charge is -2.17.